The van der Waals surface area contributed by atoms with Crippen molar-refractivity contribution in [1.29, 1.82) is 0 Å². The summed E-state index contributed by atoms with van der Waals surface area (Å²) in [5, 5.41) is 10.7. The summed E-state index contributed by atoms with van der Waals surface area (Å²) in [4.78, 5) is 0. The fourth-order valence-corrected chi connectivity index (χ4v) is 3.03. The van der Waals surface area contributed by atoms with Gasteiger partial charge in [0.1, 0.15) is 6.10 Å². The lowest BCUT2D eigenvalue weighted by molar-refractivity contribution is 0.218. The molecule has 0 saturated heterocycles. The van der Waals surface area contributed by atoms with Crippen molar-refractivity contribution in [3.8, 4) is 0 Å². The molecule has 1 N–H and O–H groups in total. The van der Waals surface area contributed by atoms with Crippen LogP contribution in [0.15, 0.2) is 39.3 Å². The molecule has 0 aromatic heterocycles. The van der Waals surface area contributed by atoms with Gasteiger partial charge in [-0.3, -0.25) is 0 Å². The van der Waals surface area contributed by atoms with E-state index in [1.807, 2.05) is 45.0 Å². The van der Waals surface area contributed by atoms with Crippen molar-refractivity contribution in [3.05, 3.63) is 67.1 Å². The molecule has 0 aliphatic carbocycles. The van der Waals surface area contributed by atoms with Crippen molar-refractivity contribution in [3.63, 3.8) is 0 Å². The Morgan fingerprint density at radius 1 is 0.895 bits per heavy atom. The monoisotopic (exact) mass is 382 g/mol. The third kappa shape index (κ3) is 2.93. The maximum absolute atomic E-state index is 10.7. The number of aliphatic hydroxyl groups excluding tert-OH is 1. The number of benzene rings is 2. The van der Waals surface area contributed by atoms with Gasteiger partial charge in [-0.05, 0) is 60.7 Å². The van der Waals surface area contributed by atoms with Crippen LogP contribution in [-0.2, 0) is 0 Å². The van der Waals surface area contributed by atoms with Crippen LogP contribution in [0, 0.1) is 20.8 Å². The van der Waals surface area contributed by atoms with Gasteiger partial charge in [0.25, 0.3) is 0 Å². The number of aliphatic hydroxyl groups is 1. The van der Waals surface area contributed by atoms with E-state index in [0.717, 1.165) is 36.8 Å². The fraction of sp³-hybridized carbons (Fsp3) is 0.250. The average molecular weight is 384 g/mol. The van der Waals surface area contributed by atoms with Crippen LogP contribution in [0.4, 0.5) is 0 Å². The van der Waals surface area contributed by atoms with E-state index in [1.54, 1.807) is 0 Å². The Balaban J connectivity index is 2.53. The summed E-state index contributed by atoms with van der Waals surface area (Å²) < 4.78 is 2.10. The fourth-order valence-electron chi connectivity index (χ4n) is 2.19. The molecule has 3 heteroatoms. The van der Waals surface area contributed by atoms with Crippen LogP contribution >= 0.6 is 31.9 Å². The highest BCUT2D eigenvalue weighted by Gasteiger charge is 2.17. The second-order valence-electron chi connectivity index (χ2n) is 4.81. The minimum atomic E-state index is -0.593. The van der Waals surface area contributed by atoms with E-state index in [9.17, 15) is 5.11 Å². The third-order valence-electron chi connectivity index (χ3n) is 3.45. The lowest BCUT2D eigenvalue weighted by atomic mass is 9.93. The number of hydrogen-bond acceptors (Lipinski definition) is 1. The summed E-state index contributed by atoms with van der Waals surface area (Å²) in [7, 11) is 0. The topological polar surface area (TPSA) is 20.2 Å². The van der Waals surface area contributed by atoms with Gasteiger partial charge >= 0.3 is 0 Å². The van der Waals surface area contributed by atoms with E-state index in [0.29, 0.717) is 0 Å². The zero-order valence-electron chi connectivity index (χ0n) is 11.2. The molecule has 1 atom stereocenters. The molecule has 2 rings (SSSR count). The van der Waals surface area contributed by atoms with Crippen molar-refractivity contribution in [2.75, 3.05) is 0 Å². The van der Waals surface area contributed by atoms with Crippen LogP contribution < -0.4 is 0 Å². The van der Waals surface area contributed by atoms with Crippen molar-refractivity contribution >= 4 is 31.9 Å². The Morgan fingerprint density at radius 3 is 2.26 bits per heavy atom. The highest BCUT2D eigenvalue weighted by molar-refractivity contribution is 9.10. The number of halogens is 2. The molecule has 0 amide bonds. The SMILES string of the molecule is Cc1cc(C(O)c2cccc(Br)c2C)c(C)cc1Br. The largest absolute Gasteiger partial charge is 0.384 e. The zero-order chi connectivity index (χ0) is 14.2. The molecule has 0 saturated carbocycles. The van der Waals surface area contributed by atoms with Crippen molar-refractivity contribution in [2.45, 2.75) is 26.9 Å². The number of rotatable bonds is 2. The van der Waals surface area contributed by atoms with Gasteiger partial charge in [-0.25, -0.2) is 0 Å². The quantitative estimate of drug-likeness (QED) is 0.753. The van der Waals surface area contributed by atoms with Gasteiger partial charge in [0.15, 0.2) is 0 Å². The van der Waals surface area contributed by atoms with Crippen molar-refractivity contribution in [1.82, 2.24) is 0 Å². The Kier molecular flexibility index (Phi) is 4.49. The molecule has 2 aromatic carbocycles. The van der Waals surface area contributed by atoms with E-state index in [2.05, 4.69) is 37.9 Å². The first-order chi connectivity index (χ1) is 8.91. The predicted molar refractivity (Wildman–Crippen MR) is 86.6 cm³/mol. The summed E-state index contributed by atoms with van der Waals surface area (Å²) in [6, 6.07) is 10.0. The first-order valence-electron chi connectivity index (χ1n) is 6.11. The summed E-state index contributed by atoms with van der Waals surface area (Å²) in [6.45, 7) is 6.08. The average Bonchev–Trinajstić information content (AvgIpc) is 2.36. The molecule has 0 fully saturated rings. The Morgan fingerprint density at radius 2 is 1.58 bits per heavy atom. The molecule has 2 aromatic rings. The van der Waals surface area contributed by atoms with Gasteiger partial charge in [0, 0.05) is 8.95 Å². The van der Waals surface area contributed by atoms with E-state index in [-0.39, 0.29) is 0 Å². The first kappa shape index (κ1) is 14.8. The molecule has 0 aliphatic heterocycles. The maximum atomic E-state index is 10.7. The van der Waals surface area contributed by atoms with Crippen LogP contribution in [-0.4, -0.2) is 5.11 Å². The lowest BCUT2D eigenvalue weighted by Gasteiger charge is -2.18. The van der Waals surface area contributed by atoms with E-state index >= 15 is 0 Å². The van der Waals surface area contributed by atoms with Gasteiger partial charge in [0.2, 0.25) is 0 Å². The van der Waals surface area contributed by atoms with Crippen LogP contribution in [0.1, 0.15) is 33.9 Å². The van der Waals surface area contributed by atoms with Gasteiger partial charge in [-0.2, -0.15) is 0 Å². The lowest BCUT2D eigenvalue weighted by Crippen LogP contribution is -2.05. The van der Waals surface area contributed by atoms with Gasteiger partial charge in [0.05, 0.1) is 0 Å². The molecule has 1 unspecified atom stereocenters. The molecule has 0 aliphatic rings. The van der Waals surface area contributed by atoms with E-state index in [4.69, 9.17) is 0 Å². The number of aryl methyl sites for hydroxylation is 2. The molecular weight excluding hydrogens is 368 g/mol. The molecule has 0 heterocycles. The Bertz CT molecular complexity index is 620. The van der Waals surface area contributed by atoms with Crippen LogP contribution in [0.3, 0.4) is 0 Å². The van der Waals surface area contributed by atoms with Gasteiger partial charge < -0.3 is 5.11 Å². The summed E-state index contributed by atoms with van der Waals surface area (Å²) in [5.41, 5.74) is 5.20. The molecular formula is C16H16Br2O. The molecule has 1 nitrogen and oxygen atoms in total. The highest BCUT2D eigenvalue weighted by Crippen LogP contribution is 2.32. The van der Waals surface area contributed by atoms with Crippen LogP contribution in [0.5, 0.6) is 0 Å². The Hall–Kier alpha value is -0.640. The summed E-state index contributed by atoms with van der Waals surface area (Å²) in [6.07, 6.45) is -0.593. The second kappa shape index (κ2) is 5.78. The summed E-state index contributed by atoms with van der Waals surface area (Å²) in [5.74, 6) is 0. The number of hydrogen-bond donors (Lipinski definition) is 1. The van der Waals surface area contributed by atoms with Crippen LogP contribution in [0.25, 0.3) is 0 Å². The third-order valence-corrected chi connectivity index (χ3v) is 5.16. The highest BCUT2D eigenvalue weighted by atomic mass is 79.9. The second-order valence-corrected chi connectivity index (χ2v) is 6.52. The van der Waals surface area contributed by atoms with Crippen molar-refractivity contribution < 1.29 is 5.11 Å². The standard InChI is InChI=1S/C16H16Br2O/c1-9-8-15(18)10(2)7-13(9)16(19)12-5-4-6-14(17)11(12)3/h4-8,16,19H,1-3H3. The molecule has 0 radical (unpaired) electrons. The molecule has 0 spiro atoms. The van der Waals surface area contributed by atoms with E-state index in [1.165, 1.54) is 0 Å². The molecule has 100 valence electrons. The predicted octanol–water partition coefficient (Wildman–Crippen LogP) is 5.22. The van der Waals surface area contributed by atoms with Gasteiger partial charge in [-0.15, -0.1) is 0 Å². The summed E-state index contributed by atoms with van der Waals surface area (Å²) >= 11 is 7.04. The first-order valence-corrected chi connectivity index (χ1v) is 7.70. The van der Waals surface area contributed by atoms with Crippen LogP contribution in [0.2, 0.25) is 0 Å². The van der Waals surface area contributed by atoms with Crippen molar-refractivity contribution in [2.24, 2.45) is 0 Å². The molecule has 19 heavy (non-hydrogen) atoms. The zero-order valence-corrected chi connectivity index (χ0v) is 14.3. The minimum absolute atomic E-state index is 0.593. The maximum Gasteiger partial charge on any atom is 0.105 e. The molecule has 0 bridgehead atoms. The van der Waals surface area contributed by atoms with E-state index < -0.39 is 6.10 Å². The smallest absolute Gasteiger partial charge is 0.105 e. The normalized spacial score (nSPS) is 12.5. The minimum Gasteiger partial charge on any atom is -0.384 e. The van der Waals surface area contributed by atoms with Gasteiger partial charge in [-0.1, -0.05) is 50.1 Å². The Labute approximate surface area is 130 Å².